The van der Waals surface area contributed by atoms with Crippen LogP contribution in [0.25, 0.3) is 11.1 Å². The van der Waals surface area contributed by atoms with Gasteiger partial charge in [-0.2, -0.15) is 0 Å². The Balaban J connectivity index is 1.12. The average molecular weight is 451 g/mol. The van der Waals surface area contributed by atoms with Gasteiger partial charge in [-0.05, 0) is 54.8 Å². The van der Waals surface area contributed by atoms with Crippen molar-refractivity contribution < 1.29 is 9.53 Å². The number of benzene rings is 3. The maximum atomic E-state index is 12.8. The molecule has 1 aliphatic heterocycles. The summed E-state index contributed by atoms with van der Waals surface area (Å²) in [4.78, 5) is 24.1. The van der Waals surface area contributed by atoms with E-state index in [1.807, 2.05) is 97.3 Å². The molecule has 1 N–H and O–H groups in total. The molecule has 0 aliphatic carbocycles. The minimum atomic E-state index is -0.0277. The predicted molar refractivity (Wildman–Crippen MR) is 134 cm³/mol. The first-order valence-electron chi connectivity index (χ1n) is 11.5. The summed E-state index contributed by atoms with van der Waals surface area (Å²) in [6, 6.07) is 27.2. The zero-order valence-corrected chi connectivity index (χ0v) is 18.8. The molecule has 0 radical (unpaired) electrons. The molecule has 0 bridgehead atoms. The molecular formula is C28H26N4O2. The number of ether oxygens (including phenoxy) is 1. The second kappa shape index (κ2) is 10.2. The van der Waals surface area contributed by atoms with Crippen LogP contribution in [0.3, 0.4) is 0 Å². The Morgan fingerprint density at radius 1 is 0.765 bits per heavy atom. The quantitative estimate of drug-likeness (QED) is 0.403. The second-order valence-electron chi connectivity index (χ2n) is 8.33. The van der Waals surface area contributed by atoms with E-state index in [4.69, 9.17) is 4.74 Å². The van der Waals surface area contributed by atoms with Crippen LogP contribution in [0.15, 0.2) is 97.3 Å². The highest BCUT2D eigenvalue weighted by Crippen LogP contribution is 2.26. The molecular weight excluding hydrogens is 424 g/mol. The molecule has 170 valence electrons. The number of piperidine rings is 1. The summed E-state index contributed by atoms with van der Waals surface area (Å²) in [6.45, 7) is 1.51. The van der Waals surface area contributed by atoms with E-state index >= 15 is 0 Å². The highest BCUT2D eigenvalue weighted by atomic mass is 16.5. The molecule has 4 aromatic rings. The molecule has 3 aromatic carbocycles. The van der Waals surface area contributed by atoms with Gasteiger partial charge in [0.2, 0.25) is 11.9 Å². The van der Waals surface area contributed by atoms with Crippen LogP contribution in [-0.2, 0) is 4.79 Å². The summed E-state index contributed by atoms with van der Waals surface area (Å²) < 4.78 is 5.81. The number of nitrogens with zero attached hydrogens (tertiary/aromatic N) is 3. The zero-order valence-electron chi connectivity index (χ0n) is 18.8. The van der Waals surface area contributed by atoms with Crippen LogP contribution >= 0.6 is 0 Å². The van der Waals surface area contributed by atoms with E-state index in [1.54, 1.807) is 0 Å². The van der Waals surface area contributed by atoms with Crippen LogP contribution in [0.1, 0.15) is 12.8 Å². The Morgan fingerprint density at radius 2 is 1.35 bits per heavy atom. The molecule has 1 aromatic heterocycles. The van der Waals surface area contributed by atoms with E-state index in [2.05, 4.69) is 20.2 Å². The van der Waals surface area contributed by atoms with Gasteiger partial charge >= 0.3 is 0 Å². The summed E-state index contributed by atoms with van der Waals surface area (Å²) in [6.07, 6.45) is 5.26. The Hall–Kier alpha value is -4.19. The average Bonchev–Trinajstić information content (AvgIpc) is 2.91. The monoisotopic (exact) mass is 450 g/mol. The summed E-state index contributed by atoms with van der Waals surface area (Å²) in [7, 11) is 0. The van der Waals surface area contributed by atoms with Crippen molar-refractivity contribution in [2.75, 3.05) is 23.3 Å². The van der Waals surface area contributed by atoms with E-state index < -0.39 is 0 Å². The van der Waals surface area contributed by atoms with Gasteiger partial charge in [0.15, 0.2) is 0 Å². The number of para-hydroxylation sites is 1. The topological polar surface area (TPSA) is 67.3 Å². The maximum absolute atomic E-state index is 12.8. The fourth-order valence-electron chi connectivity index (χ4n) is 4.08. The smallest absolute Gasteiger partial charge is 0.227 e. The molecule has 0 spiro atoms. The van der Waals surface area contributed by atoms with E-state index in [1.165, 1.54) is 0 Å². The van der Waals surface area contributed by atoms with Gasteiger partial charge in [-0.1, -0.05) is 48.5 Å². The zero-order chi connectivity index (χ0) is 23.2. The molecule has 0 unspecified atom stereocenters. The molecule has 6 nitrogen and oxygen atoms in total. The van der Waals surface area contributed by atoms with Crippen LogP contribution in [-0.4, -0.2) is 29.0 Å². The van der Waals surface area contributed by atoms with Crippen LogP contribution < -0.4 is 15.0 Å². The summed E-state index contributed by atoms with van der Waals surface area (Å²) in [5.74, 6) is 2.25. The van der Waals surface area contributed by atoms with Gasteiger partial charge in [0.25, 0.3) is 0 Å². The van der Waals surface area contributed by atoms with E-state index in [0.29, 0.717) is 5.95 Å². The molecule has 1 amide bonds. The summed E-state index contributed by atoms with van der Waals surface area (Å²) in [5, 5.41) is 3.04. The third kappa shape index (κ3) is 5.23. The second-order valence-corrected chi connectivity index (χ2v) is 8.33. The maximum Gasteiger partial charge on any atom is 0.227 e. The Bertz CT molecular complexity index is 1210. The summed E-state index contributed by atoms with van der Waals surface area (Å²) >= 11 is 0. The minimum Gasteiger partial charge on any atom is -0.457 e. The number of amides is 1. The lowest BCUT2D eigenvalue weighted by Crippen LogP contribution is -2.39. The Morgan fingerprint density at radius 3 is 2.00 bits per heavy atom. The number of hydrogen-bond acceptors (Lipinski definition) is 5. The van der Waals surface area contributed by atoms with E-state index in [0.717, 1.165) is 54.2 Å². The van der Waals surface area contributed by atoms with Gasteiger partial charge in [0.05, 0.1) is 0 Å². The largest absolute Gasteiger partial charge is 0.457 e. The van der Waals surface area contributed by atoms with Gasteiger partial charge in [0.1, 0.15) is 11.5 Å². The van der Waals surface area contributed by atoms with Crippen molar-refractivity contribution in [1.82, 2.24) is 9.97 Å². The molecule has 1 saturated heterocycles. The molecule has 0 atom stereocenters. The highest BCUT2D eigenvalue weighted by Gasteiger charge is 2.26. The number of aromatic nitrogens is 2. The fourth-order valence-corrected chi connectivity index (χ4v) is 4.08. The SMILES string of the molecule is O=C(Nc1ccc(Oc2ccccc2)cc1)C1CCN(c2ncc(-c3ccccc3)cn2)CC1. The van der Waals surface area contributed by atoms with Crippen LogP contribution in [0, 0.1) is 5.92 Å². The van der Waals surface area contributed by atoms with Crippen molar-refractivity contribution in [2.45, 2.75) is 12.8 Å². The molecule has 5 rings (SSSR count). The molecule has 2 heterocycles. The number of hydrogen-bond donors (Lipinski definition) is 1. The number of nitrogens with one attached hydrogen (secondary N) is 1. The third-order valence-electron chi connectivity index (χ3n) is 5.99. The Labute approximate surface area is 199 Å². The van der Waals surface area contributed by atoms with Crippen LogP contribution in [0.5, 0.6) is 11.5 Å². The first-order chi connectivity index (χ1) is 16.7. The van der Waals surface area contributed by atoms with E-state index in [-0.39, 0.29) is 11.8 Å². The van der Waals surface area contributed by atoms with Crippen molar-refractivity contribution in [3.63, 3.8) is 0 Å². The third-order valence-corrected chi connectivity index (χ3v) is 5.99. The lowest BCUT2D eigenvalue weighted by atomic mass is 9.96. The molecule has 0 saturated carbocycles. The van der Waals surface area contributed by atoms with Crippen molar-refractivity contribution in [2.24, 2.45) is 5.92 Å². The number of rotatable bonds is 6. The normalized spacial score (nSPS) is 13.9. The molecule has 34 heavy (non-hydrogen) atoms. The highest BCUT2D eigenvalue weighted by molar-refractivity contribution is 5.92. The molecule has 1 fully saturated rings. The van der Waals surface area contributed by atoms with Gasteiger partial charge in [-0.3, -0.25) is 4.79 Å². The Kier molecular flexibility index (Phi) is 6.47. The molecule has 6 heteroatoms. The van der Waals surface area contributed by atoms with Crippen molar-refractivity contribution in [3.05, 3.63) is 97.3 Å². The molecule has 1 aliphatic rings. The van der Waals surface area contributed by atoms with Gasteiger partial charge in [-0.25, -0.2) is 9.97 Å². The number of carbonyl (C=O) groups excluding carboxylic acids is 1. The number of carbonyl (C=O) groups is 1. The first kappa shape index (κ1) is 21.6. The van der Waals surface area contributed by atoms with Gasteiger partial charge < -0.3 is 15.0 Å². The lowest BCUT2D eigenvalue weighted by Gasteiger charge is -2.31. The van der Waals surface area contributed by atoms with Crippen molar-refractivity contribution in [3.8, 4) is 22.6 Å². The predicted octanol–water partition coefficient (Wildman–Crippen LogP) is 5.79. The van der Waals surface area contributed by atoms with Crippen LogP contribution in [0.2, 0.25) is 0 Å². The minimum absolute atomic E-state index is 0.0277. The lowest BCUT2D eigenvalue weighted by molar-refractivity contribution is -0.120. The van der Waals surface area contributed by atoms with E-state index in [9.17, 15) is 4.79 Å². The van der Waals surface area contributed by atoms with Gasteiger partial charge in [0, 0.05) is 42.7 Å². The first-order valence-corrected chi connectivity index (χ1v) is 11.5. The standard InChI is InChI=1S/C28H26N4O2/c33-27(31-24-11-13-26(14-12-24)34-25-9-5-2-6-10-25)22-15-17-32(18-16-22)28-29-19-23(20-30-28)21-7-3-1-4-8-21/h1-14,19-20,22H,15-18H2,(H,31,33). The number of anilines is 2. The fraction of sp³-hybridized carbons (Fsp3) is 0.179. The summed E-state index contributed by atoms with van der Waals surface area (Å²) in [5.41, 5.74) is 2.87. The van der Waals surface area contributed by atoms with Crippen molar-refractivity contribution >= 4 is 17.5 Å². The van der Waals surface area contributed by atoms with Crippen molar-refractivity contribution in [1.29, 1.82) is 0 Å². The van der Waals surface area contributed by atoms with Crippen LogP contribution in [0.4, 0.5) is 11.6 Å². The van der Waals surface area contributed by atoms with Gasteiger partial charge in [-0.15, -0.1) is 0 Å².